The van der Waals surface area contributed by atoms with E-state index in [1.807, 2.05) is 19.9 Å². The predicted molar refractivity (Wildman–Crippen MR) is 85.3 cm³/mol. The van der Waals surface area contributed by atoms with E-state index < -0.39 is 6.04 Å². The number of nitrogens with two attached hydrogens (primary N) is 1. The fourth-order valence-electron chi connectivity index (χ4n) is 2.30. The van der Waals surface area contributed by atoms with Gasteiger partial charge in [0.15, 0.2) is 0 Å². The highest BCUT2D eigenvalue weighted by molar-refractivity contribution is 7.80. The Balaban J connectivity index is 2.12. The van der Waals surface area contributed by atoms with E-state index in [-0.39, 0.29) is 10.9 Å². The molecule has 1 aromatic heterocycles. The number of nitrogens with zero attached hydrogens (tertiary/aromatic N) is 2. The van der Waals surface area contributed by atoms with Crippen LogP contribution in [-0.2, 0) is 9.53 Å². The van der Waals surface area contributed by atoms with Gasteiger partial charge in [0.05, 0.1) is 18.8 Å². The van der Waals surface area contributed by atoms with Gasteiger partial charge >= 0.3 is 0 Å². The summed E-state index contributed by atoms with van der Waals surface area (Å²) in [4.78, 5) is 18.7. The lowest BCUT2D eigenvalue weighted by Gasteiger charge is -2.29. The first-order valence-corrected chi connectivity index (χ1v) is 7.30. The van der Waals surface area contributed by atoms with E-state index in [9.17, 15) is 4.79 Å². The molecule has 2 rings (SSSR count). The predicted octanol–water partition coefficient (Wildman–Crippen LogP) is 0.683. The van der Waals surface area contributed by atoms with Gasteiger partial charge in [-0.1, -0.05) is 12.2 Å². The molecule has 1 aliphatic heterocycles. The van der Waals surface area contributed by atoms with Crippen LogP contribution in [0, 0.1) is 6.92 Å². The van der Waals surface area contributed by atoms with Crippen LogP contribution in [0.2, 0.25) is 0 Å². The van der Waals surface area contributed by atoms with E-state index >= 15 is 0 Å². The highest BCUT2D eigenvalue weighted by Crippen LogP contribution is 2.18. The maximum absolute atomic E-state index is 12.4. The number of carbonyl (C=O) groups excluding carboxylic acids is 1. The highest BCUT2D eigenvalue weighted by atomic mass is 32.1. The zero-order valence-electron chi connectivity index (χ0n) is 12.3. The standard InChI is InChI=1S/C14H20N4O2S/c1-9-3-4-16-13(11(9)12(15)21)17-10(2)14(19)18-5-7-20-8-6-18/h3-4,10H,5-8H2,1-2H3,(H2,15,21)(H,16,17). The second-order valence-electron chi connectivity index (χ2n) is 5.02. The van der Waals surface area contributed by atoms with Crippen molar-refractivity contribution in [2.45, 2.75) is 19.9 Å². The Labute approximate surface area is 129 Å². The summed E-state index contributed by atoms with van der Waals surface area (Å²) in [5.41, 5.74) is 7.37. The summed E-state index contributed by atoms with van der Waals surface area (Å²) in [6, 6.07) is 1.44. The van der Waals surface area contributed by atoms with Crippen LogP contribution in [-0.4, -0.2) is 53.1 Å². The number of ether oxygens (including phenoxy) is 1. The van der Waals surface area contributed by atoms with Crippen LogP contribution in [0.15, 0.2) is 12.3 Å². The number of carbonyl (C=O) groups is 1. The zero-order valence-corrected chi connectivity index (χ0v) is 13.1. The number of hydrogen-bond acceptors (Lipinski definition) is 5. The van der Waals surface area contributed by atoms with Crippen LogP contribution in [0.5, 0.6) is 0 Å². The molecule has 0 saturated carbocycles. The summed E-state index contributed by atoms with van der Waals surface area (Å²) in [5, 5.41) is 3.12. The normalized spacial score (nSPS) is 16.4. The number of pyridine rings is 1. The molecule has 1 amide bonds. The largest absolute Gasteiger partial charge is 0.389 e. The van der Waals surface area contributed by atoms with Crippen LogP contribution in [0.25, 0.3) is 0 Å². The summed E-state index contributed by atoms with van der Waals surface area (Å²) in [6.45, 7) is 6.13. The molecule has 0 bridgehead atoms. The average molecular weight is 308 g/mol. The summed E-state index contributed by atoms with van der Waals surface area (Å²) < 4.78 is 5.25. The van der Waals surface area contributed by atoms with Crippen molar-refractivity contribution >= 4 is 28.9 Å². The Hall–Kier alpha value is -1.73. The van der Waals surface area contributed by atoms with E-state index in [0.717, 1.165) is 5.56 Å². The molecule has 0 aromatic carbocycles. The van der Waals surface area contributed by atoms with Gasteiger partial charge in [0.2, 0.25) is 5.91 Å². The fraction of sp³-hybridized carbons (Fsp3) is 0.500. The minimum atomic E-state index is -0.398. The minimum Gasteiger partial charge on any atom is -0.389 e. The molecule has 1 aliphatic rings. The Morgan fingerprint density at radius 2 is 2.19 bits per heavy atom. The number of amides is 1. The summed E-state index contributed by atoms with van der Waals surface area (Å²) in [5.74, 6) is 0.576. The van der Waals surface area contributed by atoms with Gasteiger partial charge < -0.3 is 20.7 Å². The van der Waals surface area contributed by atoms with E-state index in [1.165, 1.54) is 0 Å². The van der Waals surface area contributed by atoms with Gasteiger partial charge in [-0.25, -0.2) is 4.98 Å². The van der Waals surface area contributed by atoms with Crippen molar-refractivity contribution in [3.05, 3.63) is 23.4 Å². The number of aromatic nitrogens is 1. The first-order chi connectivity index (χ1) is 10.0. The molecule has 7 heteroatoms. The van der Waals surface area contributed by atoms with Crippen LogP contribution in [0.4, 0.5) is 5.82 Å². The number of morpholine rings is 1. The Kier molecular flexibility index (Phi) is 5.08. The lowest BCUT2D eigenvalue weighted by molar-refractivity contribution is -0.135. The maximum Gasteiger partial charge on any atom is 0.244 e. The van der Waals surface area contributed by atoms with Crippen molar-refractivity contribution in [2.24, 2.45) is 5.73 Å². The lowest BCUT2D eigenvalue weighted by atomic mass is 10.1. The fourth-order valence-corrected chi connectivity index (χ4v) is 2.56. The number of hydrogen-bond donors (Lipinski definition) is 2. The molecule has 1 aromatic rings. The molecular formula is C14H20N4O2S. The van der Waals surface area contributed by atoms with Crippen LogP contribution >= 0.6 is 12.2 Å². The van der Waals surface area contributed by atoms with E-state index in [1.54, 1.807) is 11.1 Å². The molecule has 21 heavy (non-hydrogen) atoms. The molecule has 1 atom stereocenters. The van der Waals surface area contributed by atoms with Crippen molar-refractivity contribution in [3.8, 4) is 0 Å². The van der Waals surface area contributed by atoms with Crippen LogP contribution in [0.3, 0.4) is 0 Å². The Morgan fingerprint density at radius 3 is 2.81 bits per heavy atom. The van der Waals surface area contributed by atoms with Gasteiger partial charge in [-0.15, -0.1) is 0 Å². The molecule has 2 heterocycles. The molecule has 1 fully saturated rings. The molecule has 6 nitrogen and oxygen atoms in total. The van der Waals surface area contributed by atoms with Gasteiger partial charge in [-0.2, -0.15) is 0 Å². The minimum absolute atomic E-state index is 0.0236. The first kappa shape index (κ1) is 15.7. The maximum atomic E-state index is 12.4. The lowest BCUT2D eigenvalue weighted by Crippen LogP contribution is -2.47. The van der Waals surface area contributed by atoms with Gasteiger partial charge in [0, 0.05) is 19.3 Å². The number of nitrogens with one attached hydrogen (secondary N) is 1. The van der Waals surface area contributed by atoms with Crippen molar-refractivity contribution < 1.29 is 9.53 Å². The monoisotopic (exact) mass is 308 g/mol. The number of rotatable bonds is 4. The van der Waals surface area contributed by atoms with E-state index in [0.29, 0.717) is 37.7 Å². The molecule has 0 radical (unpaired) electrons. The van der Waals surface area contributed by atoms with E-state index in [2.05, 4.69) is 10.3 Å². The molecule has 0 aliphatic carbocycles. The highest BCUT2D eigenvalue weighted by Gasteiger charge is 2.23. The summed E-state index contributed by atoms with van der Waals surface area (Å²) in [6.07, 6.45) is 1.67. The topological polar surface area (TPSA) is 80.5 Å². The second-order valence-corrected chi connectivity index (χ2v) is 5.46. The average Bonchev–Trinajstić information content (AvgIpc) is 2.47. The zero-order chi connectivity index (χ0) is 15.4. The van der Waals surface area contributed by atoms with Gasteiger partial charge in [0.25, 0.3) is 0 Å². The summed E-state index contributed by atoms with van der Waals surface area (Å²) >= 11 is 5.07. The van der Waals surface area contributed by atoms with Crippen molar-refractivity contribution in [1.82, 2.24) is 9.88 Å². The van der Waals surface area contributed by atoms with Gasteiger partial charge in [0.1, 0.15) is 16.8 Å². The first-order valence-electron chi connectivity index (χ1n) is 6.89. The third kappa shape index (κ3) is 3.68. The number of thiocarbonyl (C=S) groups is 1. The van der Waals surface area contributed by atoms with Gasteiger partial charge in [-0.05, 0) is 25.5 Å². The Bertz CT molecular complexity index is 544. The van der Waals surface area contributed by atoms with Crippen molar-refractivity contribution in [1.29, 1.82) is 0 Å². The molecular weight excluding hydrogens is 288 g/mol. The summed E-state index contributed by atoms with van der Waals surface area (Å²) in [7, 11) is 0. The molecule has 0 spiro atoms. The number of aryl methyl sites for hydroxylation is 1. The smallest absolute Gasteiger partial charge is 0.244 e. The number of anilines is 1. The van der Waals surface area contributed by atoms with E-state index in [4.69, 9.17) is 22.7 Å². The molecule has 1 unspecified atom stereocenters. The van der Waals surface area contributed by atoms with Crippen molar-refractivity contribution in [3.63, 3.8) is 0 Å². The Morgan fingerprint density at radius 1 is 1.52 bits per heavy atom. The van der Waals surface area contributed by atoms with Crippen LogP contribution in [0.1, 0.15) is 18.1 Å². The van der Waals surface area contributed by atoms with Gasteiger partial charge in [-0.3, -0.25) is 4.79 Å². The SMILES string of the molecule is Cc1ccnc(NC(C)C(=O)N2CCOCC2)c1C(N)=S. The van der Waals surface area contributed by atoms with Crippen molar-refractivity contribution in [2.75, 3.05) is 31.6 Å². The quantitative estimate of drug-likeness (QED) is 0.796. The molecule has 1 saturated heterocycles. The molecule has 3 N–H and O–H groups in total. The third-order valence-electron chi connectivity index (χ3n) is 3.45. The molecule has 114 valence electrons. The second kappa shape index (κ2) is 6.82. The third-order valence-corrected chi connectivity index (χ3v) is 3.66. The van der Waals surface area contributed by atoms with Crippen LogP contribution < -0.4 is 11.1 Å².